The number of amides is 2. The van der Waals surface area contributed by atoms with E-state index in [-0.39, 0.29) is 17.7 Å². The molecule has 0 aliphatic carbocycles. The van der Waals surface area contributed by atoms with Crippen molar-refractivity contribution >= 4 is 45.6 Å². The van der Waals surface area contributed by atoms with Crippen LogP contribution in [0.4, 0.5) is 0 Å². The Labute approximate surface area is 116 Å². The van der Waals surface area contributed by atoms with Crippen LogP contribution in [0.3, 0.4) is 0 Å². The molecule has 0 rings (SSSR count). The molecule has 0 atom stereocenters. The third-order valence-corrected chi connectivity index (χ3v) is 4.64. The van der Waals surface area contributed by atoms with Crippen molar-refractivity contribution in [3.63, 3.8) is 0 Å². The fourth-order valence-electron chi connectivity index (χ4n) is 1.14. The minimum absolute atomic E-state index is 0.0556. The molecule has 2 amide bonds. The monoisotopic (exact) mass is 395 g/mol. The number of rotatable bonds is 8. The molecule has 0 aliphatic heterocycles. The average molecular weight is 396 g/mol. The zero-order valence-corrected chi connectivity index (χ0v) is 14.5. The first-order chi connectivity index (χ1) is 7.57. The van der Waals surface area contributed by atoms with Gasteiger partial charge in [0.15, 0.2) is 0 Å². The molecular weight excluding hydrogens is 377 g/mol. The quantitative estimate of drug-likeness (QED) is 0.371. The van der Waals surface area contributed by atoms with Crippen LogP contribution in [0, 0.1) is 5.92 Å². The Kier molecular flexibility index (Phi) is 10.7. The molecule has 0 aromatic carbocycles. The standard InChI is InChI=1S/C10H20N2O2.Ga.HI/c1-8(2)10(14)12-7-5-3-4-6-9(11)13;;/h8H,3-7H2,1-2H3,(H3,11,12,13,14);;1H/q;+2;/p-2. The summed E-state index contributed by atoms with van der Waals surface area (Å²) in [5, 5.41) is 2.86. The SMILES string of the molecule is CC(C)C(=O)NCCCCCC(=O)[NH][Ga][I]. The summed E-state index contributed by atoms with van der Waals surface area (Å²) in [6.45, 7) is 4.49. The van der Waals surface area contributed by atoms with Gasteiger partial charge in [-0.1, -0.05) is 0 Å². The first-order valence-corrected chi connectivity index (χ1v) is 14.2. The molecule has 2 N–H and O–H groups in total. The third-order valence-electron chi connectivity index (χ3n) is 2.12. The van der Waals surface area contributed by atoms with Crippen molar-refractivity contribution < 1.29 is 9.59 Å². The first kappa shape index (κ1) is 16.3. The van der Waals surface area contributed by atoms with E-state index in [1.165, 1.54) is 0 Å². The Morgan fingerprint density at radius 2 is 1.94 bits per heavy atom. The van der Waals surface area contributed by atoms with Gasteiger partial charge in [-0.2, -0.15) is 0 Å². The van der Waals surface area contributed by atoms with Crippen molar-refractivity contribution in [2.24, 2.45) is 5.92 Å². The van der Waals surface area contributed by atoms with Crippen molar-refractivity contribution in [1.29, 1.82) is 0 Å². The van der Waals surface area contributed by atoms with E-state index in [4.69, 9.17) is 0 Å². The van der Waals surface area contributed by atoms with Crippen LogP contribution in [0.5, 0.6) is 0 Å². The summed E-state index contributed by atoms with van der Waals surface area (Å²) >= 11 is 1.75. The van der Waals surface area contributed by atoms with Crippen LogP contribution in [0.2, 0.25) is 0 Å². The van der Waals surface area contributed by atoms with Crippen LogP contribution >= 0.6 is 19.7 Å². The zero-order valence-electron chi connectivity index (χ0n) is 9.88. The molecule has 16 heavy (non-hydrogen) atoms. The first-order valence-electron chi connectivity index (χ1n) is 5.57. The molecule has 0 saturated carbocycles. The van der Waals surface area contributed by atoms with Gasteiger partial charge in [0.2, 0.25) is 0 Å². The molecule has 0 spiro atoms. The Morgan fingerprint density at radius 1 is 1.25 bits per heavy atom. The summed E-state index contributed by atoms with van der Waals surface area (Å²) in [4.78, 5) is 22.3. The van der Waals surface area contributed by atoms with Gasteiger partial charge in [0.25, 0.3) is 0 Å². The predicted octanol–water partition coefficient (Wildman–Crippen LogP) is 1.40. The van der Waals surface area contributed by atoms with Crippen molar-refractivity contribution in [3.05, 3.63) is 0 Å². The Hall–Kier alpha value is 0.306. The third kappa shape index (κ3) is 9.53. The Balaban J connectivity index is 3.28. The molecule has 6 heteroatoms. The van der Waals surface area contributed by atoms with Gasteiger partial charge in [0.1, 0.15) is 0 Å². The Morgan fingerprint density at radius 3 is 2.50 bits per heavy atom. The molecule has 0 fully saturated rings. The van der Waals surface area contributed by atoms with E-state index in [9.17, 15) is 9.59 Å². The predicted molar refractivity (Wildman–Crippen MR) is 74.2 cm³/mol. The van der Waals surface area contributed by atoms with E-state index in [0.29, 0.717) is 6.42 Å². The number of hydrogen-bond acceptors (Lipinski definition) is 2. The second-order valence-corrected chi connectivity index (χ2v) is 8.23. The molecule has 91 valence electrons. The van der Waals surface area contributed by atoms with Crippen LogP contribution in [0.25, 0.3) is 0 Å². The van der Waals surface area contributed by atoms with E-state index in [0.717, 1.165) is 25.8 Å². The second kappa shape index (κ2) is 10.5. The molecule has 0 aromatic rings. The number of halogens is 1. The van der Waals surface area contributed by atoms with E-state index >= 15 is 0 Å². The summed E-state index contributed by atoms with van der Waals surface area (Å²) in [5.41, 5.74) is 0. The Bertz CT molecular complexity index is 225. The second-order valence-electron chi connectivity index (χ2n) is 3.93. The van der Waals surface area contributed by atoms with Crippen molar-refractivity contribution in [2.45, 2.75) is 39.5 Å². The number of carbonyl (C=O) groups is 2. The van der Waals surface area contributed by atoms with Crippen LogP contribution in [-0.4, -0.2) is 32.5 Å². The van der Waals surface area contributed by atoms with Crippen LogP contribution in [-0.2, 0) is 9.59 Å². The summed E-state index contributed by atoms with van der Waals surface area (Å²) in [7, 11) is 0. The molecule has 0 aromatic heterocycles. The van der Waals surface area contributed by atoms with E-state index < -0.39 is 14.1 Å². The average Bonchev–Trinajstić information content (AvgIpc) is 2.23. The van der Waals surface area contributed by atoms with Gasteiger partial charge in [-0.3, -0.25) is 0 Å². The number of hydrogen-bond donors (Lipinski definition) is 2. The molecule has 0 heterocycles. The molecule has 0 bridgehead atoms. The van der Waals surface area contributed by atoms with E-state index in [1.54, 1.807) is 0 Å². The fourth-order valence-corrected chi connectivity index (χ4v) is 3.50. The van der Waals surface area contributed by atoms with E-state index in [2.05, 4.69) is 29.0 Å². The molecule has 4 nitrogen and oxygen atoms in total. The summed E-state index contributed by atoms with van der Waals surface area (Å²) in [6, 6.07) is 0. The maximum atomic E-state index is 11.2. The fraction of sp³-hybridized carbons (Fsp3) is 0.800. The van der Waals surface area contributed by atoms with Crippen LogP contribution in [0.1, 0.15) is 39.5 Å². The topological polar surface area (TPSA) is 58.2 Å². The molecule has 1 radical (unpaired) electrons. The van der Waals surface area contributed by atoms with E-state index in [1.807, 2.05) is 13.8 Å². The van der Waals surface area contributed by atoms with Gasteiger partial charge in [0, 0.05) is 0 Å². The van der Waals surface area contributed by atoms with Crippen LogP contribution < -0.4 is 9.34 Å². The summed E-state index contributed by atoms with van der Waals surface area (Å²) in [5.74, 6) is 0.343. The summed E-state index contributed by atoms with van der Waals surface area (Å²) < 4.78 is 2.90. The van der Waals surface area contributed by atoms with Gasteiger partial charge in [-0.05, 0) is 0 Å². The van der Waals surface area contributed by atoms with Gasteiger partial charge < -0.3 is 0 Å². The minimum atomic E-state index is -0.515. The van der Waals surface area contributed by atoms with Crippen molar-refractivity contribution in [3.8, 4) is 0 Å². The summed E-state index contributed by atoms with van der Waals surface area (Å²) in [6.07, 6.45) is 3.49. The maximum absolute atomic E-state index is 11.2. The molecule has 0 saturated heterocycles. The van der Waals surface area contributed by atoms with Gasteiger partial charge in [0.05, 0.1) is 0 Å². The molecule has 0 aliphatic rings. The number of nitrogens with one attached hydrogen (secondary N) is 2. The zero-order chi connectivity index (χ0) is 12.4. The molecule has 0 unspecified atom stereocenters. The number of unbranched alkanes of at least 4 members (excludes halogenated alkanes) is 2. The number of carbonyl (C=O) groups excluding carboxylic acids is 2. The molecular formula is C10H19GaIN2O2. The van der Waals surface area contributed by atoms with Crippen LogP contribution in [0.15, 0.2) is 0 Å². The van der Waals surface area contributed by atoms with Crippen molar-refractivity contribution in [2.75, 3.05) is 6.54 Å². The van der Waals surface area contributed by atoms with Gasteiger partial charge in [-0.25, -0.2) is 0 Å². The normalized spacial score (nSPS) is 10.0. The van der Waals surface area contributed by atoms with Crippen molar-refractivity contribution in [1.82, 2.24) is 9.34 Å². The van der Waals surface area contributed by atoms with Gasteiger partial charge >= 0.3 is 117 Å². The van der Waals surface area contributed by atoms with Gasteiger partial charge in [-0.15, -0.1) is 0 Å².